The largest absolute Gasteiger partial charge is 0.481 e. The van der Waals surface area contributed by atoms with Crippen molar-refractivity contribution in [1.29, 1.82) is 0 Å². The van der Waals surface area contributed by atoms with Crippen LogP contribution in [0, 0.1) is 5.92 Å². The first-order valence-electron chi connectivity index (χ1n) is 12.6. The molecule has 0 spiro atoms. The van der Waals surface area contributed by atoms with Gasteiger partial charge in [-0.05, 0) is 41.8 Å². The summed E-state index contributed by atoms with van der Waals surface area (Å²) in [7, 11) is 0. The maximum absolute atomic E-state index is 12.3. The lowest BCUT2D eigenvalue weighted by Crippen LogP contribution is -2.38. The number of aliphatic hydroxyl groups excluding tert-OH is 1. The summed E-state index contributed by atoms with van der Waals surface area (Å²) in [5, 5.41) is 22.0. The van der Waals surface area contributed by atoms with Crippen LogP contribution in [-0.2, 0) is 25.7 Å². The summed E-state index contributed by atoms with van der Waals surface area (Å²) in [5.74, 6) is -0.436. The Bertz CT molecular complexity index is 1210. The number of hydrogen-bond acceptors (Lipinski definition) is 7. The van der Waals surface area contributed by atoms with E-state index < -0.39 is 12.3 Å². The molecule has 2 heterocycles. The fraction of sp³-hybridized carbons (Fsp3) is 0.345. The standard InChI is InChI=1S/C29H32N2O6S/c1-19-24(18-38-26-9-2-3-15-30-26)36-29(37-28(19)21-13-11-20(17-32)12-14-21)22-6-4-7-23(16-22)31-25(33)8-5-10-27(34)35/h2-4,6-7,9,11-16,19,24,28-29,32H,5,8,10,17-18H2,1H3,(H,31,33)(H,34,35). The van der Waals surface area contributed by atoms with Crippen LogP contribution in [0.2, 0.25) is 0 Å². The van der Waals surface area contributed by atoms with Crippen molar-refractivity contribution in [3.05, 3.63) is 89.6 Å². The second kappa shape index (κ2) is 13.5. The normalized spacial score (nSPS) is 21.1. The number of ether oxygens (including phenoxy) is 2. The molecule has 1 aliphatic rings. The van der Waals surface area contributed by atoms with E-state index in [0.717, 1.165) is 21.7 Å². The van der Waals surface area contributed by atoms with Gasteiger partial charge in [0.25, 0.3) is 0 Å². The number of aliphatic hydroxyl groups is 1. The molecular weight excluding hydrogens is 504 g/mol. The number of carbonyl (C=O) groups is 2. The summed E-state index contributed by atoms with van der Waals surface area (Å²) in [5.41, 5.74) is 3.19. The van der Waals surface area contributed by atoms with Crippen molar-refractivity contribution >= 4 is 29.3 Å². The van der Waals surface area contributed by atoms with Crippen molar-refractivity contribution in [3.8, 4) is 0 Å². The summed E-state index contributed by atoms with van der Waals surface area (Å²) in [4.78, 5) is 27.4. The number of thioether (sulfide) groups is 1. The molecule has 4 atom stereocenters. The van der Waals surface area contributed by atoms with Crippen molar-refractivity contribution in [1.82, 2.24) is 4.98 Å². The maximum atomic E-state index is 12.3. The number of carbonyl (C=O) groups excluding carboxylic acids is 1. The average Bonchev–Trinajstić information content (AvgIpc) is 2.93. The minimum Gasteiger partial charge on any atom is -0.481 e. The molecule has 3 aromatic rings. The smallest absolute Gasteiger partial charge is 0.303 e. The summed E-state index contributed by atoms with van der Waals surface area (Å²) < 4.78 is 13.0. The van der Waals surface area contributed by atoms with Gasteiger partial charge in [-0.2, -0.15) is 0 Å². The summed E-state index contributed by atoms with van der Waals surface area (Å²) in [6.45, 7) is 2.09. The van der Waals surface area contributed by atoms with Crippen LogP contribution in [0.15, 0.2) is 78.0 Å². The monoisotopic (exact) mass is 536 g/mol. The van der Waals surface area contributed by atoms with E-state index in [4.69, 9.17) is 14.6 Å². The van der Waals surface area contributed by atoms with Crippen LogP contribution in [0.3, 0.4) is 0 Å². The lowest BCUT2D eigenvalue weighted by atomic mass is 9.91. The number of hydrogen-bond donors (Lipinski definition) is 3. The van der Waals surface area contributed by atoms with Gasteiger partial charge in [0.1, 0.15) is 0 Å². The highest BCUT2D eigenvalue weighted by molar-refractivity contribution is 7.99. The zero-order valence-electron chi connectivity index (χ0n) is 21.2. The number of nitrogens with one attached hydrogen (secondary N) is 1. The van der Waals surface area contributed by atoms with Gasteiger partial charge in [0.05, 0.1) is 23.8 Å². The molecule has 200 valence electrons. The van der Waals surface area contributed by atoms with Crippen molar-refractivity contribution < 1.29 is 29.3 Å². The molecule has 0 bridgehead atoms. The molecule has 3 N–H and O–H groups in total. The third-order valence-electron chi connectivity index (χ3n) is 6.39. The van der Waals surface area contributed by atoms with E-state index in [-0.39, 0.29) is 49.9 Å². The van der Waals surface area contributed by atoms with E-state index in [1.165, 1.54) is 0 Å². The number of carboxylic acids is 1. The number of nitrogens with zero attached hydrogens (tertiary/aromatic N) is 1. The molecule has 1 saturated heterocycles. The first kappa shape index (κ1) is 27.8. The number of rotatable bonds is 11. The maximum Gasteiger partial charge on any atom is 0.303 e. The van der Waals surface area contributed by atoms with Crippen molar-refractivity contribution in [3.63, 3.8) is 0 Å². The lowest BCUT2D eigenvalue weighted by molar-refractivity contribution is -0.268. The third-order valence-corrected chi connectivity index (χ3v) is 7.43. The van der Waals surface area contributed by atoms with Crippen molar-refractivity contribution in [2.45, 2.75) is 56.3 Å². The summed E-state index contributed by atoms with van der Waals surface area (Å²) in [6.07, 6.45) is 1.08. The molecule has 0 radical (unpaired) electrons. The fourth-order valence-corrected chi connectivity index (χ4v) is 5.32. The Morgan fingerprint density at radius 2 is 1.82 bits per heavy atom. The minimum atomic E-state index is -0.920. The summed E-state index contributed by atoms with van der Waals surface area (Å²) in [6, 6.07) is 20.9. The molecule has 8 nitrogen and oxygen atoms in total. The SMILES string of the molecule is CC1C(CSc2ccccn2)OC(c2cccc(NC(=O)CCCC(=O)O)c2)OC1c1ccc(CO)cc1. The Hall–Kier alpha value is -3.24. The first-order chi connectivity index (χ1) is 18.4. The van der Waals surface area contributed by atoms with Crippen LogP contribution >= 0.6 is 11.8 Å². The minimum absolute atomic E-state index is 0.0226. The number of anilines is 1. The van der Waals surface area contributed by atoms with Crippen molar-refractivity contribution in [2.24, 2.45) is 5.92 Å². The Labute approximate surface area is 226 Å². The lowest BCUT2D eigenvalue weighted by Gasteiger charge is -2.41. The van der Waals surface area contributed by atoms with Gasteiger partial charge >= 0.3 is 5.97 Å². The Balaban J connectivity index is 1.52. The molecule has 1 amide bonds. The number of pyridine rings is 1. The molecule has 4 rings (SSSR count). The van der Waals surface area contributed by atoms with E-state index in [0.29, 0.717) is 11.4 Å². The van der Waals surface area contributed by atoms with Gasteiger partial charge in [0.2, 0.25) is 5.91 Å². The molecule has 38 heavy (non-hydrogen) atoms. The van der Waals surface area contributed by atoms with Gasteiger partial charge in [0, 0.05) is 42.0 Å². The van der Waals surface area contributed by atoms with Crippen LogP contribution in [-0.4, -0.2) is 38.9 Å². The van der Waals surface area contributed by atoms with E-state index >= 15 is 0 Å². The van der Waals surface area contributed by atoms with E-state index in [1.54, 1.807) is 24.0 Å². The Morgan fingerprint density at radius 1 is 1.00 bits per heavy atom. The summed E-state index contributed by atoms with van der Waals surface area (Å²) >= 11 is 1.63. The number of carboxylic acid groups (broad SMARTS) is 1. The molecule has 1 fully saturated rings. The van der Waals surface area contributed by atoms with Gasteiger partial charge in [-0.1, -0.05) is 49.4 Å². The molecule has 1 aromatic heterocycles. The van der Waals surface area contributed by atoms with Crippen LogP contribution in [0.1, 0.15) is 55.3 Å². The molecule has 0 saturated carbocycles. The highest BCUT2D eigenvalue weighted by Crippen LogP contribution is 2.43. The molecule has 4 unspecified atom stereocenters. The van der Waals surface area contributed by atoms with Crippen LogP contribution < -0.4 is 5.32 Å². The first-order valence-corrected chi connectivity index (χ1v) is 13.6. The van der Waals surface area contributed by atoms with Gasteiger partial charge < -0.3 is 25.0 Å². The van der Waals surface area contributed by atoms with E-state index in [1.807, 2.05) is 60.7 Å². The van der Waals surface area contributed by atoms with Gasteiger partial charge in [-0.3, -0.25) is 9.59 Å². The topological polar surface area (TPSA) is 118 Å². The van der Waals surface area contributed by atoms with E-state index in [2.05, 4.69) is 17.2 Å². The van der Waals surface area contributed by atoms with Crippen LogP contribution in [0.5, 0.6) is 0 Å². The number of aromatic nitrogens is 1. The Kier molecular flexibility index (Phi) is 9.89. The highest BCUT2D eigenvalue weighted by Gasteiger charge is 2.38. The van der Waals surface area contributed by atoms with Gasteiger partial charge in [-0.25, -0.2) is 4.98 Å². The second-order valence-electron chi connectivity index (χ2n) is 9.22. The number of aliphatic carboxylic acids is 1. The highest BCUT2D eigenvalue weighted by atomic mass is 32.2. The molecule has 2 aromatic carbocycles. The molecule has 1 aliphatic heterocycles. The zero-order valence-corrected chi connectivity index (χ0v) is 22.0. The van der Waals surface area contributed by atoms with Crippen LogP contribution in [0.4, 0.5) is 5.69 Å². The predicted molar refractivity (Wildman–Crippen MR) is 144 cm³/mol. The fourth-order valence-electron chi connectivity index (χ4n) is 4.30. The molecule has 9 heteroatoms. The average molecular weight is 537 g/mol. The zero-order chi connectivity index (χ0) is 26.9. The van der Waals surface area contributed by atoms with Crippen LogP contribution in [0.25, 0.3) is 0 Å². The third kappa shape index (κ3) is 7.64. The molecular formula is C29H32N2O6S. The quantitative estimate of drug-likeness (QED) is 0.281. The van der Waals surface area contributed by atoms with E-state index in [9.17, 15) is 14.7 Å². The van der Waals surface area contributed by atoms with Gasteiger partial charge in [0.15, 0.2) is 6.29 Å². The molecule has 0 aliphatic carbocycles. The van der Waals surface area contributed by atoms with Crippen molar-refractivity contribution in [2.75, 3.05) is 11.1 Å². The van der Waals surface area contributed by atoms with Gasteiger partial charge in [-0.15, -0.1) is 11.8 Å². The predicted octanol–water partition coefficient (Wildman–Crippen LogP) is 5.35. The number of amides is 1. The number of benzene rings is 2. The Morgan fingerprint density at radius 3 is 2.53 bits per heavy atom. The second-order valence-corrected chi connectivity index (χ2v) is 10.3.